The van der Waals surface area contributed by atoms with Crippen molar-refractivity contribution in [3.8, 4) is 0 Å². The first kappa shape index (κ1) is 14.9. The summed E-state index contributed by atoms with van der Waals surface area (Å²) in [6.45, 7) is 6.64. The Morgan fingerprint density at radius 1 is 1.32 bits per heavy atom. The molecule has 0 heterocycles. The van der Waals surface area contributed by atoms with Gasteiger partial charge >= 0.3 is 5.97 Å². The molecule has 0 unspecified atom stereocenters. The Balaban J connectivity index is 3.45. The highest BCUT2D eigenvalue weighted by Crippen LogP contribution is 2.34. The van der Waals surface area contributed by atoms with Crippen molar-refractivity contribution in [3.63, 3.8) is 0 Å². The van der Waals surface area contributed by atoms with Gasteiger partial charge in [-0.25, -0.2) is 4.79 Å². The van der Waals surface area contributed by atoms with E-state index < -0.39 is 16.4 Å². The van der Waals surface area contributed by atoms with Crippen LogP contribution in [0.2, 0.25) is 0 Å². The molecular formula is C13H18N2O4. The molecule has 6 nitrogen and oxygen atoms in total. The van der Waals surface area contributed by atoms with E-state index in [9.17, 15) is 20.0 Å². The number of carboxylic acid groups (broad SMARTS) is 1. The van der Waals surface area contributed by atoms with Crippen LogP contribution in [-0.4, -0.2) is 28.6 Å². The van der Waals surface area contributed by atoms with Crippen molar-refractivity contribution >= 4 is 17.3 Å². The smallest absolute Gasteiger partial charge is 0.328 e. The third-order valence-electron chi connectivity index (χ3n) is 3.51. The molecule has 0 aromatic heterocycles. The van der Waals surface area contributed by atoms with E-state index in [4.69, 9.17) is 0 Å². The summed E-state index contributed by atoms with van der Waals surface area (Å²) in [6, 6.07) is 3.12. The normalized spacial score (nSPS) is 11.2. The van der Waals surface area contributed by atoms with Gasteiger partial charge in [0.2, 0.25) is 0 Å². The molecule has 0 saturated heterocycles. The van der Waals surface area contributed by atoms with E-state index in [1.165, 1.54) is 24.8 Å². The van der Waals surface area contributed by atoms with E-state index in [1.807, 2.05) is 6.92 Å². The zero-order valence-corrected chi connectivity index (χ0v) is 11.7. The molecular weight excluding hydrogens is 248 g/mol. The van der Waals surface area contributed by atoms with Gasteiger partial charge in [-0.3, -0.25) is 10.1 Å². The first-order valence-electron chi connectivity index (χ1n) is 5.82. The molecule has 0 fully saturated rings. The predicted octanol–water partition coefficient (Wildman–Crippen LogP) is 2.51. The second-order valence-electron chi connectivity index (χ2n) is 5.11. The molecule has 1 aromatic rings. The van der Waals surface area contributed by atoms with Crippen LogP contribution in [-0.2, 0) is 4.79 Å². The van der Waals surface area contributed by atoms with Crippen LogP contribution in [0.3, 0.4) is 0 Å². The SMILES string of the molecule is Cc1cc(N(C)C(C)(C)C(=O)O)c([N+](=O)[O-])cc1C. The van der Waals surface area contributed by atoms with Gasteiger partial charge in [0.05, 0.1) is 4.92 Å². The summed E-state index contributed by atoms with van der Waals surface area (Å²) in [7, 11) is 1.55. The molecule has 1 aromatic carbocycles. The average Bonchev–Trinajstić information content (AvgIpc) is 2.30. The molecule has 0 saturated carbocycles. The number of anilines is 1. The van der Waals surface area contributed by atoms with Crippen molar-refractivity contribution in [2.75, 3.05) is 11.9 Å². The molecule has 0 spiro atoms. The third kappa shape index (κ3) is 2.67. The standard InChI is InChI=1S/C13H18N2O4/c1-8-6-10(11(15(18)19)7-9(8)2)14(5)13(3,4)12(16)17/h6-7H,1-5H3,(H,16,17). The van der Waals surface area contributed by atoms with E-state index in [-0.39, 0.29) is 5.69 Å². The van der Waals surface area contributed by atoms with Gasteiger partial charge in [-0.2, -0.15) is 0 Å². The van der Waals surface area contributed by atoms with Crippen LogP contribution in [0.1, 0.15) is 25.0 Å². The molecule has 0 amide bonds. The van der Waals surface area contributed by atoms with Crippen molar-refractivity contribution < 1.29 is 14.8 Å². The summed E-state index contributed by atoms with van der Waals surface area (Å²) in [5, 5.41) is 20.3. The highest BCUT2D eigenvalue weighted by Gasteiger charge is 2.35. The fraction of sp³-hybridized carbons (Fsp3) is 0.462. The van der Waals surface area contributed by atoms with Gasteiger partial charge in [-0.05, 0) is 44.9 Å². The molecule has 0 atom stereocenters. The second kappa shape index (κ2) is 4.87. The van der Waals surface area contributed by atoms with Gasteiger partial charge < -0.3 is 10.0 Å². The van der Waals surface area contributed by atoms with Crippen LogP contribution in [0.4, 0.5) is 11.4 Å². The highest BCUT2D eigenvalue weighted by molar-refractivity contribution is 5.84. The number of nitrogens with zero attached hydrogens (tertiary/aromatic N) is 2. The number of carboxylic acids is 1. The third-order valence-corrected chi connectivity index (χ3v) is 3.51. The van der Waals surface area contributed by atoms with Crippen LogP contribution in [0.5, 0.6) is 0 Å². The van der Waals surface area contributed by atoms with Gasteiger partial charge in [0.25, 0.3) is 5.69 Å². The van der Waals surface area contributed by atoms with Crippen molar-refractivity contribution in [2.45, 2.75) is 33.2 Å². The Bertz CT molecular complexity index is 538. The summed E-state index contributed by atoms with van der Waals surface area (Å²) in [4.78, 5) is 23.3. The second-order valence-corrected chi connectivity index (χ2v) is 5.11. The number of nitro benzene ring substituents is 1. The lowest BCUT2D eigenvalue weighted by molar-refractivity contribution is -0.384. The minimum Gasteiger partial charge on any atom is -0.480 e. The summed E-state index contributed by atoms with van der Waals surface area (Å²) < 4.78 is 0. The molecule has 0 radical (unpaired) electrons. The van der Waals surface area contributed by atoms with Crippen LogP contribution in [0, 0.1) is 24.0 Å². The molecule has 0 aliphatic heterocycles. The number of rotatable bonds is 4. The van der Waals surface area contributed by atoms with Gasteiger partial charge in [0.1, 0.15) is 11.2 Å². The average molecular weight is 266 g/mol. The largest absolute Gasteiger partial charge is 0.480 e. The number of aliphatic carboxylic acids is 1. The maximum Gasteiger partial charge on any atom is 0.328 e. The minimum atomic E-state index is -1.23. The van der Waals surface area contributed by atoms with Crippen LogP contribution >= 0.6 is 0 Å². The lowest BCUT2D eigenvalue weighted by Gasteiger charge is -2.33. The van der Waals surface area contributed by atoms with Gasteiger partial charge in [-0.15, -0.1) is 0 Å². The van der Waals surface area contributed by atoms with Crippen LogP contribution in [0.15, 0.2) is 12.1 Å². The quantitative estimate of drug-likeness (QED) is 0.668. The van der Waals surface area contributed by atoms with Crippen molar-refractivity contribution in [1.29, 1.82) is 0 Å². The lowest BCUT2D eigenvalue weighted by Crippen LogP contribution is -2.48. The molecule has 1 rings (SSSR count). The van der Waals surface area contributed by atoms with Gasteiger partial charge in [-0.1, -0.05) is 0 Å². The Kier molecular flexibility index (Phi) is 3.83. The molecule has 0 bridgehead atoms. The number of aryl methyl sites for hydroxylation is 2. The topological polar surface area (TPSA) is 83.7 Å². The number of nitro groups is 1. The Morgan fingerprint density at radius 2 is 1.79 bits per heavy atom. The van der Waals surface area contributed by atoms with E-state index >= 15 is 0 Å². The number of hydrogen-bond donors (Lipinski definition) is 1. The molecule has 0 aliphatic carbocycles. The molecule has 104 valence electrons. The molecule has 1 N–H and O–H groups in total. The Morgan fingerprint density at radius 3 is 2.21 bits per heavy atom. The van der Waals surface area contributed by atoms with E-state index in [2.05, 4.69) is 0 Å². The number of likely N-dealkylation sites (N-methyl/N-ethyl adjacent to an activating group) is 1. The van der Waals surface area contributed by atoms with Crippen LogP contribution in [0.25, 0.3) is 0 Å². The number of carbonyl (C=O) groups is 1. The first-order chi connectivity index (χ1) is 8.59. The zero-order chi connectivity index (χ0) is 15.0. The van der Waals surface area contributed by atoms with Crippen molar-refractivity contribution in [3.05, 3.63) is 33.4 Å². The summed E-state index contributed by atoms with van der Waals surface area (Å²) >= 11 is 0. The fourth-order valence-electron chi connectivity index (χ4n) is 1.65. The lowest BCUT2D eigenvalue weighted by atomic mass is 10.0. The van der Waals surface area contributed by atoms with E-state index in [1.54, 1.807) is 20.0 Å². The fourth-order valence-corrected chi connectivity index (χ4v) is 1.65. The van der Waals surface area contributed by atoms with Crippen LogP contribution < -0.4 is 4.90 Å². The molecule has 6 heteroatoms. The highest BCUT2D eigenvalue weighted by atomic mass is 16.6. The monoisotopic (exact) mass is 266 g/mol. The van der Waals surface area contributed by atoms with Crippen molar-refractivity contribution in [2.24, 2.45) is 0 Å². The summed E-state index contributed by atoms with van der Waals surface area (Å²) in [5.41, 5.74) is 0.679. The van der Waals surface area contributed by atoms with E-state index in [0.717, 1.165) is 11.1 Å². The Hall–Kier alpha value is -2.11. The minimum absolute atomic E-state index is 0.0834. The zero-order valence-electron chi connectivity index (χ0n) is 11.7. The number of benzene rings is 1. The maximum atomic E-state index is 11.3. The first-order valence-corrected chi connectivity index (χ1v) is 5.82. The summed E-state index contributed by atoms with van der Waals surface area (Å²) in [6.07, 6.45) is 0. The summed E-state index contributed by atoms with van der Waals surface area (Å²) in [5.74, 6) is -1.04. The molecule has 19 heavy (non-hydrogen) atoms. The van der Waals surface area contributed by atoms with Crippen molar-refractivity contribution in [1.82, 2.24) is 0 Å². The van der Waals surface area contributed by atoms with Gasteiger partial charge in [0.15, 0.2) is 0 Å². The maximum absolute atomic E-state index is 11.3. The number of hydrogen-bond acceptors (Lipinski definition) is 4. The molecule has 0 aliphatic rings. The van der Waals surface area contributed by atoms with Gasteiger partial charge in [0, 0.05) is 13.1 Å². The van der Waals surface area contributed by atoms with E-state index in [0.29, 0.717) is 5.69 Å². The predicted molar refractivity (Wildman–Crippen MR) is 72.7 cm³/mol. The Labute approximate surface area is 111 Å².